The van der Waals surface area contributed by atoms with Crippen LogP contribution in [-0.4, -0.2) is 44.4 Å². The molecule has 0 atom stereocenters. The van der Waals surface area contributed by atoms with Crippen molar-refractivity contribution in [3.63, 3.8) is 0 Å². The Morgan fingerprint density at radius 3 is 2.79 bits per heavy atom. The van der Waals surface area contributed by atoms with Gasteiger partial charge in [-0.15, -0.1) is 24.0 Å². The van der Waals surface area contributed by atoms with E-state index in [4.69, 9.17) is 9.47 Å². The van der Waals surface area contributed by atoms with Gasteiger partial charge in [-0.2, -0.15) is 0 Å². The highest BCUT2D eigenvalue weighted by molar-refractivity contribution is 14.0. The van der Waals surface area contributed by atoms with E-state index in [-0.39, 0.29) is 24.0 Å². The maximum absolute atomic E-state index is 5.57. The molecule has 0 unspecified atom stereocenters. The molecule has 0 aliphatic rings. The molecule has 2 N–H and O–H groups in total. The predicted molar refractivity (Wildman–Crippen MR) is 109 cm³/mol. The molecule has 24 heavy (non-hydrogen) atoms. The molecule has 0 amide bonds. The van der Waals surface area contributed by atoms with Crippen LogP contribution in [-0.2, 0) is 11.3 Å². The molecule has 1 aromatic heterocycles. The van der Waals surface area contributed by atoms with Crippen molar-refractivity contribution in [1.29, 1.82) is 0 Å². The molecule has 0 aliphatic carbocycles. The first-order chi connectivity index (χ1) is 11.2. The third kappa shape index (κ3) is 9.92. The average molecular weight is 450 g/mol. The smallest absolute Gasteiger partial charge is 0.218 e. The molecule has 0 aliphatic heterocycles. The highest BCUT2D eigenvalue weighted by Crippen LogP contribution is 2.14. The Labute approximate surface area is 162 Å². The van der Waals surface area contributed by atoms with Gasteiger partial charge in [0.25, 0.3) is 0 Å². The van der Waals surface area contributed by atoms with Gasteiger partial charge in [0.2, 0.25) is 5.88 Å². The predicted octanol–water partition coefficient (Wildman–Crippen LogP) is 2.83. The van der Waals surface area contributed by atoms with Gasteiger partial charge >= 0.3 is 0 Å². The van der Waals surface area contributed by atoms with Crippen molar-refractivity contribution in [1.82, 2.24) is 15.6 Å². The summed E-state index contributed by atoms with van der Waals surface area (Å²) in [5.41, 5.74) is 0.965. The molecular weight excluding hydrogens is 419 g/mol. The zero-order chi connectivity index (χ0) is 16.9. The van der Waals surface area contributed by atoms with E-state index in [1.807, 2.05) is 19.1 Å². The number of ether oxygens (including phenoxy) is 2. The van der Waals surface area contributed by atoms with Crippen molar-refractivity contribution in [2.45, 2.75) is 33.7 Å². The minimum atomic E-state index is 0. The molecule has 0 aromatic carbocycles. The van der Waals surface area contributed by atoms with Gasteiger partial charge in [-0.3, -0.25) is 0 Å². The highest BCUT2D eigenvalue weighted by Gasteiger charge is 2.03. The summed E-state index contributed by atoms with van der Waals surface area (Å²) in [7, 11) is 1.62. The number of hydrogen-bond acceptors (Lipinski definition) is 4. The summed E-state index contributed by atoms with van der Waals surface area (Å²) in [6.07, 6.45) is 2.67. The van der Waals surface area contributed by atoms with Crippen molar-refractivity contribution >= 4 is 29.9 Å². The van der Waals surface area contributed by atoms with Crippen molar-refractivity contribution < 1.29 is 9.47 Å². The number of halogens is 1. The molecule has 1 aromatic rings. The van der Waals surface area contributed by atoms with Gasteiger partial charge in [-0.25, -0.2) is 9.98 Å². The standard InChI is InChI=1S/C17H30N4O2.HI/c1-5-18-17(20-10-7-11-23-13-14(2)3)21-12-15-8-6-9-19-16(15)22-4;/h6,8-9,14H,5,7,10-13H2,1-4H3,(H2,18,20,21);1H. The van der Waals surface area contributed by atoms with E-state index in [2.05, 4.69) is 34.5 Å². The number of nitrogens with zero attached hydrogens (tertiary/aromatic N) is 2. The lowest BCUT2D eigenvalue weighted by Crippen LogP contribution is -2.38. The summed E-state index contributed by atoms with van der Waals surface area (Å²) in [5, 5.41) is 6.55. The fourth-order valence-electron chi connectivity index (χ4n) is 1.93. The van der Waals surface area contributed by atoms with Crippen LogP contribution >= 0.6 is 24.0 Å². The van der Waals surface area contributed by atoms with Gasteiger partial charge < -0.3 is 20.1 Å². The lowest BCUT2D eigenvalue weighted by molar-refractivity contribution is 0.108. The van der Waals surface area contributed by atoms with Crippen molar-refractivity contribution in [2.24, 2.45) is 10.9 Å². The van der Waals surface area contributed by atoms with Gasteiger partial charge in [0.1, 0.15) is 0 Å². The summed E-state index contributed by atoms with van der Waals surface area (Å²) < 4.78 is 10.8. The molecule has 1 rings (SSSR count). The number of aromatic nitrogens is 1. The molecule has 0 saturated heterocycles. The normalized spacial score (nSPS) is 11.1. The SMILES string of the molecule is CCNC(=NCc1cccnc1OC)NCCCOCC(C)C.I. The van der Waals surface area contributed by atoms with Crippen LogP contribution in [0.15, 0.2) is 23.3 Å². The van der Waals surface area contributed by atoms with Gasteiger partial charge in [0.05, 0.1) is 13.7 Å². The number of rotatable bonds is 10. The number of hydrogen-bond donors (Lipinski definition) is 2. The monoisotopic (exact) mass is 450 g/mol. The summed E-state index contributed by atoms with van der Waals surface area (Å²) in [5.74, 6) is 1.99. The Morgan fingerprint density at radius 2 is 2.12 bits per heavy atom. The molecule has 1 heterocycles. The summed E-state index contributed by atoms with van der Waals surface area (Å²) in [4.78, 5) is 8.75. The molecule has 138 valence electrons. The molecule has 0 bridgehead atoms. The average Bonchev–Trinajstić information content (AvgIpc) is 2.55. The maximum atomic E-state index is 5.57. The number of aliphatic imine (C=N–C) groups is 1. The third-order valence-electron chi connectivity index (χ3n) is 3.00. The number of pyridine rings is 1. The van der Waals surface area contributed by atoms with Gasteiger partial charge in [0, 0.05) is 38.1 Å². The van der Waals surface area contributed by atoms with Gasteiger partial charge in [-0.05, 0) is 25.3 Å². The van der Waals surface area contributed by atoms with Crippen LogP contribution in [0.5, 0.6) is 5.88 Å². The van der Waals surface area contributed by atoms with E-state index >= 15 is 0 Å². The number of methoxy groups -OCH3 is 1. The maximum Gasteiger partial charge on any atom is 0.218 e. The Hall–Kier alpha value is -1.09. The van der Waals surface area contributed by atoms with E-state index < -0.39 is 0 Å². The first-order valence-electron chi connectivity index (χ1n) is 8.25. The Morgan fingerprint density at radius 1 is 1.33 bits per heavy atom. The Bertz CT molecular complexity index is 470. The van der Waals surface area contributed by atoms with Crippen LogP contribution in [0.25, 0.3) is 0 Å². The minimum Gasteiger partial charge on any atom is -0.481 e. The van der Waals surface area contributed by atoms with Crippen LogP contribution in [0.3, 0.4) is 0 Å². The topological polar surface area (TPSA) is 67.8 Å². The fraction of sp³-hybridized carbons (Fsp3) is 0.647. The van der Waals surface area contributed by atoms with Gasteiger partial charge in [-0.1, -0.05) is 19.9 Å². The van der Waals surface area contributed by atoms with E-state index in [0.717, 1.165) is 44.2 Å². The van der Waals surface area contributed by atoms with Gasteiger partial charge in [0.15, 0.2) is 5.96 Å². The second-order valence-electron chi connectivity index (χ2n) is 5.62. The molecule has 0 fully saturated rings. The summed E-state index contributed by atoms with van der Waals surface area (Å²) in [6, 6.07) is 3.86. The number of guanidine groups is 1. The van der Waals surface area contributed by atoms with Crippen LogP contribution in [0.4, 0.5) is 0 Å². The third-order valence-corrected chi connectivity index (χ3v) is 3.00. The molecule has 0 spiro atoms. The van der Waals surface area contributed by atoms with E-state index in [9.17, 15) is 0 Å². The van der Waals surface area contributed by atoms with Crippen LogP contribution in [0, 0.1) is 5.92 Å². The molecule has 0 radical (unpaired) electrons. The fourth-order valence-corrected chi connectivity index (χ4v) is 1.93. The zero-order valence-corrected chi connectivity index (χ0v) is 17.5. The lowest BCUT2D eigenvalue weighted by atomic mass is 10.2. The zero-order valence-electron chi connectivity index (χ0n) is 15.2. The second kappa shape index (κ2) is 14.3. The lowest BCUT2D eigenvalue weighted by Gasteiger charge is -2.12. The van der Waals surface area contributed by atoms with Crippen LogP contribution < -0.4 is 15.4 Å². The quantitative estimate of drug-likeness (QED) is 0.248. The van der Waals surface area contributed by atoms with Crippen molar-refractivity contribution in [3.8, 4) is 5.88 Å². The van der Waals surface area contributed by atoms with Crippen LogP contribution in [0.1, 0.15) is 32.8 Å². The van der Waals surface area contributed by atoms with E-state index in [0.29, 0.717) is 18.3 Å². The van der Waals surface area contributed by atoms with Crippen molar-refractivity contribution in [3.05, 3.63) is 23.9 Å². The molecule has 7 heteroatoms. The van der Waals surface area contributed by atoms with E-state index in [1.165, 1.54) is 0 Å². The second-order valence-corrected chi connectivity index (χ2v) is 5.62. The number of nitrogens with one attached hydrogen (secondary N) is 2. The highest BCUT2D eigenvalue weighted by atomic mass is 127. The first-order valence-corrected chi connectivity index (χ1v) is 8.25. The molecular formula is C17H31IN4O2. The van der Waals surface area contributed by atoms with Crippen LogP contribution in [0.2, 0.25) is 0 Å². The Kier molecular flexibility index (Phi) is 13.6. The first kappa shape index (κ1) is 22.9. The summed E-state index contributed by atoms with van der Waals surface area (Å²) in [6.45, 7) is 10.1. The summed E-state index contributed by atoms with van der Waals surface area (Å²) >= 11 is 0. The molecule has 6 nitrogen and oxygen atoms in total. The Balaban J connectivity index is 0.00000529. The van der Waals surface area contributed by atoms with Crippen molar-refractivity contribution in [2.75, 3.05) is 33.4 Å². The largest absolute Gasteiger partial charge is 0.481 e. The molecule has 0 saturated carbocycles. The minimum absolute atomic E-state index is 0. The van der Waals surface area contributed by atoms with E-state index in [1.54, 1.807) is 13.3 Å².